The van der Waals surface area contributed by atoms with Gasteiger partial charge in [-0.25, -0.2) is 0 Å². The fourth-order valence-electron chi connectivity index (χ4n) is 1.41. The number of aliphatic hydroxyl groups is 1. The standard InChI is InChI=1S/C13H20O4/c1-11(14)12-5-3-4-6-13(12)17-10-9-16-8-7-15-2/h3-6,11,14H,7-10H2,1-2H3/t11-/m0/s1. The van der Waals surface area contributed by atoms with Crippen LogP contribution in [-0.4, -0.2) is 38.6 Å². The molecule has 0 saturated heterocycles. The van der Waals surface area contributed by atoms with E-state index >= 15 is 0 Å². The molecule has 4 heteroatoms. The Morgan fingerprint density at radius 2 is 1.82 bits per heavy atom. The summed E-state index contributed by atoms with van der Waals surface area (Å²) in [4.78, 5) is 0. The van der Waals surface area contributed by atoms with Crippen molar-refractivity contribution in [3.8, 4) is 5.75 Å². The molecule has 0 unspecified atom stereocenters. The maximum atomic E-state index is 9.55. The number of aliphatic hydroxyl groups excluding tert-OH is 1. The Labute approximate surface area is 102 Å². The van der Waals surface area contributed by atoms with Crippen molar-refractivity contribution in [3.63, 3.8) is 0 Å². The first-order chi connectivity index (χ1) is 8.25. The van der Waals surface area contributed by atoms with E-state index in [2.05, 4.69) is 0 Å². The molecular weight excluding hydrogens is 220 g/mol. The number of ether oxygens (including phenoxy) is 3. The largest absolute Gasteiger partial charge is 0.491 e. The molecule has 1 rings (SSSR count). The van der Waals surface area contributed by atoms with Gasteiger partial charge in [0.25, 0.3) is 0 Å². The van der Waals surface area contributed by atoms with Crippen LogP contribution >= 0.6 is 0 Å². The summed E-state index contributed by atoms with van der Waals surface area (Å²) in [6.45, 7) is 3.85. The molecule has 0 aromatic heterocycles. The van der Waals surface area contributed by atoms with E-state index in [4.69, 9.17) is 14.2 Å². The van der Waals surface area contributed by atoms with Gasteiger partial charge in [0.2, 0.25) is 0 Å². The molecule has 0 aliphatic heterocycles. The second-order valence-electron chi connectivity index (χ2n) is 3.67. The van der Waals surface area contributed by atoms with Crippen LogP contribution in [0, 0.1) is 0 Å². The van der Waals surface area contributed by atoms with Crippen LogP contribution in [0.25, 0.3) is 0 Å². The van der Waals surface area contributed by atoms with Gasteiger partial charge in [0.05, 0.1) is 25.9 Å². The molecule has 96 valence electrons. The number of para-hydroxylation sites is 1. The minimum Gasteiger partial charge on any atom is -0.491 e. The van der Waals surface area contributed by atoms with E-state index in [1.165, 1.54) is 0 Å². The molecule has 1 N–H and O–H groups in total. The van der Waals surface area contributed by atoms with Crippen LogP contribution in [0.1, 0.15) is 18.6 Å². The van der Waals surface area contributed by atoms with Gasteiger partial charge in [-0.2, -0.15) is 0 Å². The summed E-state index contributed by atoms with van der Waals surface area (Å²) in [7, 11) is 1.64. The van der Waals surface area contributed by atoms with Crippen molar-refractivity contribution in [1.29, 1.82) is 0 Å². The molecule has 0 aliphatic carbocycles. The van der Waals surface area contributed by atoms with Gasteiger partial charge in [0, 0.05) is 12.7 Å². The quantitative estimate of drug-likeness (QED) is 0.704. The molecule has 0 saturated carbocycles. The number of methoxy groups -OCH3 is 1. The molecule has 0 radical (unpaired) electrons. The molecule has 1 aromatic rings. The number of hydrogen-bond acceptors (Lipinski definition) is 4. The van der Waals surface area contributed by atoms with Crippen LogP contribution in [0.5, 0.6) is 5.75 Å². The Hall–Kier alpha value is -1.10. The van der Waals surface area contributed by atoms with Crippen molar-refractivity contribution in [1.82, 2.24) is 0 Å². The van der Waals surface area contributed by atoms with Crippen LogP contribution in [0.3, 0.4) is 0 Å². The third-order valence-corrected chi connectivity index (χ3v) is 2.29. The van der Waals surface area contributed by atoms with Crippen LogP contribution in [0.4, 0.5) is 0 Å². The lowest BCUT2D eigenvalue weighted by atomic mass is 10.1. The van der Waals surface area contributed by atoms with Gasteiger partial charge in [-0.1, -0.05) is 18.2 Å². The first-order valence-corrected chi connectivity index (χ1v) is 5.72. The molecule has 0 heterocycles. The topological polar surface area (TPSA) is 47.9 Å². The van der Waals surface area contributed by atoms with Crippen LogP contribution in [0.2, 0.25) is 0 Å². The third-order valence-electron chi connectivity index (χ3n) is 2.29. The number of rotatable bonds is 8. The van der Waals surface area contributed by atoms with E-state index in [0.717, 1.165) is 5.56 Å². The normalized spacial score (nSPS) is 12.4. The summed E-state index contributed by atoms with van der Waals surface area (Å²) in [5, 5.41) is 9.55. The zero-order chi connectivity index (χ0) is 12.5. The Morgan fingerprint density at radius 3 is 2.53 bits per heavy atom. The lowest BCUT2D eigenvalue weighted by molar-refractivity contribution is 0.0538. The summed E-state index contributed by atoms with van der Waals surface area (Å²) in [5.74, 6) is 0.706. The molecule has 0 aliphatic rings. The van der Waals surface area contributed by atoms with Crippen molar-refractivity contribution < 1.29 is 19.3 Å². The van der Waals surface area contributed by atoms with Crippen molar-refractivity contribution >= 4 is 0 Å². The lowest BCUT2D eigenvalue weighted by Gasteiger charge is -2.13. The maximum Gasteiger partial charge on any atom is 0.125 e. The lowest BCUT2D eigenvalue weighted by Crippen LogP contribution is -2.11. The van der Waals surface area contributed by atoms with Gasteiger partial charge in [-0.05, 0) is 13.0 Å². The summed E-state index contributed by atoms with van der Waals surface area (Å²) in [6, 6.07) is 7.46. The monoisotopic (exact) mass is 240 g/mol. The highest BCUT2D eigenvalue weighted by molar-refractivity contribution is 5.34. The van der Waals surface area contributed by atoms with Gasteiger partial charge in [-0.15, -0.1) is 0 Å². The first-order valence-electron chi connectivity index (χ1n) is 5.72. The zero-order valence-electron chi connectivity index (χ0n) is 10.4. The molecule has 0 fully saturated rings. The fraction of sp³-hybridized carbons (Fsp3) is 0.538. The Kier molecular flexibility index (Phi) is 6.62. The summed E-state index contributed by atoms with van der Waals surface area (Å²) in [6.07, 6.45) is -0.527. The molecule has 1 aromatic carbocycles. The molecule has 1 atom stereocenters. The van der Waals surface area contributed by atoms with E-state index in [0.29, 0.717) is 32.2 Å². The first kappa shape index (κ1) is 14.0. The second-order valence-corrected chi connectivity index (χ2v) is 3.67. The highest BCUT2D eigenvalue weighted by Gasteiger charge is 2.07. The van der Waals surface area contributed by atoms with Crippen molar-refractivity contribution in [3.05, 3.63) is 29.8 Å². The Balaban J connectivity index is 2.31. The summed E-state index contributed by atoms with van der Waals surface area (Å²) in [5.41, 5.74) is 0.796. The average Bonchev–Trinajstić information content (AvgIpc) is 2.34. The molecule has 17 heavy (non-hydrogen) atoms. The van der Waals surface area contributed by atoms with E-state index in [1.807, 2.05) is 24.3 Å². The molecular formula is C13H20O4. The predicted octanol–water partition coefficient (Wildman–Crippen LogP) is 1.78. The van der Waals surface area contributed by atoms with Crippen molar-refractivity contribution in [2.24, 2.45) is 0 Å². The average molecular weight is 240 g/mol. The maximum absolute atomic E-state index is 9.55. The van der Waals surface area contributed by atoms with Crippen LogP contribution < -0.4 is 4.74 Å². The number of benzene rings is 1. The van der Waals surface area contributed by atoms with E-state index in [-0.39, 0.29) is 0 Å². The Bertz CT molecular complexity index is 312. The fourth-order valence-corrected chi connectivity index (χ4v) is 1.41. The molecule has 0 spiro atoms. The van der Waals surface area contributed by atoms with Gasteiger partial charge in [0.15, 0.2) is 0 Å². The highest BCUT2D eigenvalue weighted by atomic mass is 16.5. The minimum atomic E-state index is -0.527. The molecule has 4 nitrogen and oxygen atoms in total. The SMILES string of the molecule is COCCOCCOc1ccccc1[C@H](C)O. The van der Waals surface area contributed by atoms with Gasteiger partial charge in [-0.3, -0.25) is 0 Å². The second kappa shape index (κ2) is 8.06. The van der Waals surface area contributed by atoms with Crippen LogP contribution in [-0.2, 0) is 9.47 Å². The molecule has 0 amide bonds. The van der Waals surface area contributed by atoms with Gasteiger partial charge < -0.3 is 19.3 Å². The highest BCUT2D eigenvalue weighted by Crippen LogP contribution is 2.24. The summed E-state index contributed by atoms with van der Waals surface area (Å²) < 4.78 is 15.7. The zero-order valence-corrected chi connectivity index (χ0v) is 10.4. The minimum absolute atomic E-state index is 0.466. The van der Waals surface area contributed by atoms with Crippen molar-refractivity contribution in [2.75, 3.05) is 33.5 Å². The van der Waals surface area contributed by atoms with Crippen LogP contribution in [0.15, 0.2) is 24.3 Å². The van der Waals surface area contributed by atoms with E-state index in [9.17, 15) is 5.11 Å². The van der Waals surface area contributed by atoms with E-state index in [1.54, 1.807) is 14.0 Å². The van der Waals surface area contributed by atoms with E-state index < -0.39 is 6.10 Å². The van der Waals surface area contributed by atoms with Crippen molar-refractivity contribution in [2.45, 2.75) is 13.0 Å². The van der Waals surface area contributed by atoms with Gasteiger partial charge >= 0.3 is 0 Å². The third kappa shape index (κ3) is 5.17. The smallest absolute Gasteiger partial charge is 0.125 e. The Morgan fingerprint density at radius 1 is 1.12 bits per heavy atom. The summed E-state index contributed by atoms with van der Waals surface area (Å²) >= 11 is 0. The van der Waals surface area contributed by atoms with Gasteiger partial charge in [0.1, 0.15) is 12.4 Å². The predicted molar refractivity (Wildman–Crippen MR) is 65.3 cm³/mol. The number of hydrogen-bond donors (Lipinski definition) is 1. The molecule has 0 bridgehead atoms.